The number of carbonyl (C=O) groups is 1. The van der Waals surface area contributed by atoms with Gasteiger partial charge in [-0.25, -0.2) is 8.42 Å². The Morgan fingerprint density at radius 2 is 1.81 bits per heavy atom. The number of rotatable bonds is 6. The van der Waals surface area contributed by atoms with E-state index in [-0.39, 0.29) is 10.8 Å². The van der Waals surface area contributed by atoms with Crippen molar-refractivity contribution in [2.75, 3.05) is 39.8 Å². The summed E-state index contributed by atoms with van der Waals surface area (Å²) in [6.45, 7) is 3.63. The molecule has 0 unspecified atom stereocenters. The normalized spacial score (nSPS) is 20.1. The van der Waals surface area contributed by atoms with Gasteiger partial charge in [0.2, 0.25) is 10.0 Å². The van der Waals surface area contributed by atoms with Gasteiger partial charge in [-0.2, -0.15) is 4.31 Å². The summed E-state index contributed by atoms with van der Waals surface area (Å²) in [5, 5.41) is 3.18. The van der Waals surface area contributed by atoms with E-state index in [4.69, 9.17) is 0 Å². The Morgan fingerprint density at radius 1 is 1.15 bits per heavy atom. The van der Waals surface area contributed by atoms with Crippen molar-refractivity contribution in [3.63, 3.8) is 0 Å². The molecule has 2 saturated heterocycles. The molecule has 0 atom stereocenters. The molecule has 0 spiro atoms. The van der Waals surface area contributed by atoms with Crippen LogP contribution in [0.2, 0.25) is 0 Å². The summed E-state index contributed by atoms with van der Waals surface area (Å²) in [4.78, 5) is 15.0. The summed E-state index contributed by atoms with van der Waals surface area (Å²) in [6, 6.07) is 1.55. The van der Waals surface area contributed by atoms with Crippen LogP contribution in [0.25, 0.3) is 0 Å². The fourth-order valence-corrected chi connectivity index (χ4v) is 5.67. The van der Waals surface area contributed by atoms with Crippen molar-refractivity contribution in [1.82, 2.24) is 19.1 Å². The number of aromatic nitrogens is 1. The summed E-state index contributed by atoms with van der Waals surface area (Å²) in [5.74, 6) is 0.592. The average molecular weight is 397 g/mol. The predicted molar refractivity (Wildman–Crippen MR) is 105 cm³/mol. The number of piperidine rings is 2. The smallest absolute Gasteiger partial charge is 0.270 e. The number of amides is 1. The second-order valence-electron chi connectivity index (χ2n) is 7.76. The molecule has 3 heterocycles. The van der Waals surface area contributed by atoms with Crippen molar-refractivity contribution in [3.8, 4) is 0 Å². The highest BCUT2D eigenvalue weighted by Gasteiger charge is 2.30. The third-order valence-electron chi connectivity index (χ3n) is 5.86. The summed E-state index contributed by atoms with van der Waals surface area (Å²) in [7, 11) is 0.202. The molecule has 0 radical (unpaired) electrons. The quantitative estimate of drug-likeness (QED) is 0.794. The van der Waals surface area contributed by atoms with E-state index in [0.29, 0.717) is 24.7 Å². The van der Waals surface area contributed by atoms with Gasteiger partial charge in [0.25, 0.3) is 5.91 Å². The summed E-state index contributed by atoms with van der Waals surface area (Å²) in [5.41, 5.74) is 0.458. The van der Waals surface area contributed by atoms with Gasteiger partial charge in [-0.15, -0.1) is 0 Å². The Labute approximate surface area is 162 Å². The number of sulfonamides is 1. The molecular weight excluding hydrogens is 364 g/mol. The number of aryl methyl sites for hydroxylation is 1. The molecule has 1 N–H and O–H groups in total. The number of likely N-dealkylation sites (tertiary alicyclic amines) is 1. The third-order valence-corrected chi connectivity index (χ3v) is 7.72. The maximum absolute atomic E-state index is 12.9. The third kappa shape index (κ3) is 4.55. The van der Waals surface area contributed by atoms with Crippen LogP contribution >= 0.6 is 0 Å². The van der Waals surface area contributed by atoms with Crippen LogP contribution in [-0.2, 0) is 17.1 Å². The van der Waals surface area contributed by atoms with E-state index in [1.54, 1.807) is 28.2 Å². The van der Waals surface area contributed by atoms with E-state index in [0.717, 1.165) is 58.2 Å². The van der Waals surface area contributed by atoms with Crippen LogP contribution in [0, 0.1) is 5.92 Å². The van der Waals surface area contributed by atoms with Crippen molar-refractivity contribution in [2.24, 2.45) is 13.0 Å². The molecule has 2 aliphatic heterocycles. The number of nitrogens with zero attached hydrogens (tertiary/aromatic N) is 3. The Balaban J connectivity index is 1.68. The standard InChI is InChI=1S/C19H32N4O3S/c1-20-9-6-16-7-12-22(13-8-16)19(24)18-14-17(15-21(18)2)27(25,26)23-10-4-3-5-11-23/h14-16,20H,3-13H2,1-2H3. The Hall–Kier alpha value is -1.38. The van der Waals surface area contributed by atoms with Crippen LogP contribution in [0.5, 0.6) is 0 Å². The number of nitrogens with one attached hydrogen (secondary N) is 1. The first-order valence-corrected chi connectivity index (χ1v) is 11.5. The van der Waals surface area contributed by atoms with E-state index in [1.807, 2.05) is 11.9 Å². The zero-order chi connectivity index (χ0) is 19.4. The van der Waals surface area contributed by atoms with Gasteiger partial charge in [-0.1, -0.05) is 6.42 Å². The topological polar surface area (TPSA) is 74.7 Å². The summed E-state index contributed by atoms with van der Waals surface area (Å²) in [6.07, 6.45) is 7.63. The van der Waals surface area contributed by atoms with Gasteiger partial charge in [0.15, 0.2) is 0 Å². The Bertz CT molecular complexity index is 745. The molecule has 0 aliphatic carbocycles. The molecular formula is C19H32N4O3S. The molecule has 27 heavy (non-hydrogen) atoms. The molecule has 7 nitrogen and oxygen atoms in total. The zero-order valence-corrected chi connectivity index (χ0v) is 17.3. The van der Waals surface area contributed by atoms with Gasteiger partial charge in [0, 0.05) is 39.4 Å². The van der Waals surface area contributed by atoms with Crippen LogP contribution in [0.4, 0.5) is 0 Å². The van der Waals surface area contributed by atoms with Crippen LogP contribution in [-0.4, -0.2) is 67.9 Å². The lowest BCUT2D eigenvalue weighted by molar-refractivity contribution is 0.0677. The minimum absolute atomic E-state index is 0.0651. The highest BCUT2D eigenvalue weighted by atomic mass is 32.2. The lowest BCUT2D eigenvalue weighted by atomic mass is 9.93. The van der Waals surface area contributed by atoms with Crippen molar-refractivity contribution >= 4 is 15.9 Å². The van der Waals surface area contributed by atoms with Gasteiger partial charge in [-0.05, 0) is 57.7 Å². The first-order chi connectivity index (χ1) is 12.9. The molecule has 1 amide bonds. The second-order valence-corrected chi connectivity index (χ2v) is 9.70. The average Bonchev–Trinajstić information content (AvgIpc) is 3.09. The first-order valence-electron chi connectivity index (χ1n) is 10.0. The van der Waals surface area contributed by atoms with Crippen LogP contribution in [0.3, 0.4) is 0 Å². The number of hydrogen-bond acceptors (Lipinski definition) is 4. The van der Waals surface area contributed by atoms with E-state index in [2.05, 4.69) is 5.32 Å². The molecule has 8 heteroatoms. The molecule has 152 valence electrons. The highest BCUT2D eigenvalue weighted by molar-refractivity contribution is 7.89. The molecule has 0 saturated carbocycles. The van der Waals surface area contributed by atoms with Crippen molar-refractivity contribution < 1.29 is 13.2 Å². The van der Waals surface area contributed by atoms with Gasteiger partial charge >= 0.3 is 0 Å². The molecule has 1 aromatic rings. The Morgan fingerprint density at radius 3 is 2.44 bits per heavy atom. The molecule has 0 aromatic carbocycles. The first kappa shape index (κ1) is 20.4. The summed E-state index contributed by atoms with van der Waals surface area (Å²) >= 11 is 0. The highest BCUT2D eigenvalue weighted by Crippen LogP contribution is 2.25. The molecule has 3 rings (SSSR count). The maximum Gasteiger partial charge on any atom is 0.270 e. The SMILES string of the molecule is CNCCC1CCN(C(=O)c2cc(S(=O)(=O)N3CCCCC3)cn2C)CC1. The lowest BCUT2D eigenvalue weighted by Gasteiger charge is -2.32. The minimum Gasteiger partial charge on any atom is -0.345 e. The molecule has 1 aromatic heterocycles. The monoisotopic (exact) mass is 396 g/mol. The number of carbonyl (C=O) groups excluding carboxylic acids is 1. The van der Waals surface area contributed by atoms with E-state index < -0.39 is 10.0 Å². The van der Waals surface area contributed by atoms with Crippen LogP contribution in [0.15, 0.2) is 17.2 Å². The maximum atomic E-state index is 12.9. The molecule has 2 fully saturated rings. The molecule has 2 aliphatic rings. The van der Waals surface area contributed by atoms with Crippen molar-refractivity contribution in [3.05, 3.63) is 18.0 Å². The second kappa shape index (κ2) is 8.75. The van der Waals surface area contributed by atoms with E-state index in [1.165, 1.54) is 0 Å². The van der Waals surface area contributed by atoms with Crippen LogP contribution < -0.4 is 5.32 Å². The largest absolute Gasteiger partial charge is 0.345 e. The Kier molecular flexibility index (Phi) is 6.60. The van der Waals surface area contributed by atoms with E-state index in [9.17, 15) is 13.2 Å². The fourth-order valence-electron chi connectivity index (χ4n) is 4.08. The zero-order valence-electron chi connectivity index (χ0n) is 16.5. The van der Waals surface area contributed by atoms with Gasteiger partial charge in [0.05, 0.1) is 0 Å². The van der Waals surface area contributed by atoms with Gasteiger partial charge in [-0.3, -0.25) is 4.79 Å². The number of hydrogen-bond donors (Lipinski definition) is 1. The predicted octanol–water partition coefficient (Wildman–Crippen LogP) is 1.66. The fraction of sp³-hybridized carbons (Fsp3) is 0.737. The lowest BCUT2D eigenvalue weighted by Crippen LogP contribution is -2.39. The van der Waals surface area contributed by atoms with Gasteiger partial charge in [0.1, 0.15) is 10.6 Å². The summed E-state index contributed by atoms with van der Waals surface area (Å²) < 4.78 is 29.0. The molecule has 0 bridgehead atoms. The van der Waals surface area contributed by atoms with Crippen LogP contribution in [0.1, 0.15) is 49.0 Å². The minimum atomic E-state index is -3.51. The van der Waals surface area contributed by atoms with Crippen molar-refractivity contribution in [2.45, 2.75) is 43.4 Å². The van der Waals surface area contributed by atoms with Gasteiger partial charge < -0.3 is 14.8 Å². The van der Waals surface area contributed by atoms with Crippen molar-refractivity contribution in [1.29, 1.82) is 0 Å². The van der Waals surface area contributed by atoms with E-state index >= 15 is 0 Å².